The fourth-order valence-corrected chi connectivity index (χ4v) is 3.58. The Hall–Kier alpha value is -1.06. The Morgan fingerprint density at radius 3 is 2.86 bits per heavy atom. The fraction of sp³-hybridized carbons (Fsp3) is 0.611. The topological polar surface area (TPSA) is 32.3 Å². The molecule has 2 heterocycles. The van der Waals surface area contributed by atoms with Crippen LogP contribution in [0.1, 0.15) is 43.2 Å². The van der Waals surface area contributed by atoms with Gasteiger partial charge in [-0.15, -0.1) is 12.4 Å². The molecule has 0 saturated carbocycles. The Morgan fingerprint density at radius 1 is 1.32 bits per heavy atom. The summed E-state index contributed by atoms with van der Waals surface area (Å²) in [7, 11) is 0. The molecule has 2 aliphatic rings. The summed E-state index contributed by atoms with van der Waals surface area (Å²) in [4.78, 5) is 14.7. The molecular weight excluding hydrogens is 296 g/mol. The number of halogens is 1. The maximum atomic E-state index is 12.6. The van der Waals surface area contributed by atoms with Crippen molar-refractivity contribution in [3.8, 4) is 0 Å². The number of carbonyl (C=O) groups excluding carboxylic acids is 1. The highest BCUT2D eigenvalue weighted by atomic mass is 35.5. The zero-order chi connectivity index (χ0) is 14.7. The molecule has 1 amide bonds. The molecular formula is C18H27ClN2O. The van der Waals surface area contributed by atoms with Gasteiger partial charge in [0, 0.05) is 18.7 Å². The smallest absolute Gasteiger partial charge is 0.226 e. The summed E-state index contributed by atoms with van der Waals surface area (Å²) < 4.78 is 0. The Bertz CT molecular complexity index is 512. The number of benzene rings is 1. The second-order valence-corrected chi connectivity index (χ2v) is 6.51. The van der Waals surface area contributed by atoms with Gasteiger partial charge in [-0.1, -0.05) is 12.1 Å². The van der Waals surface area contributed by atoms with E-state index in [0.717, 1.165) is 50.5 Å². The lowest BCUT2D eigenvalue weighted by atomic mass is 9.92. The van der Waals surface area contributed by atoms with Gasteiger partial charge in [0.2, 0.25) is 5.91 Å². The van der Waals surface area contributed by atoms with Crippen LogP contribution in [0.4, 0.5) is 5.69 Å². The van der Waals surface area contributed by atoms with E-state index in [0.29, 0.717) is 12.3 Å². The van der Waals surface area contributed by atoms with Crippen molar-refractivity contribution < 1.29 is 4.79 Å². The molecule has 2 aliphatic heterocycles. The number of anilines is 1. The highest BCUT2D eigenvalue weighted by Crippen LogP contribution is 2.29. The Morgan fingerprint density at radius 2 is 2.09 bits per heavy atom. The van der Waals surface area contributed by atoms with Crippen molar-refractivity contribution in [2.24, 2.45) is 5.92 Å². The molecule has 0 radical (unpaired) electrons. The van der Waals surface area contributed by atoms with Gasteiger partial charge in [-0.2, -0.15) is 0 Å². The minimum Gasteiger partial charge on any atom is -0.317 e. The Balaban J connectivity index is 0.00000176. The summed E-state index contributed by atoms with van der Waals surface area (Å²) in [5.74, 6) is 1.05. The van der Waals surface area contributed by atoms with E-state index in [1.807, 2.05) is 4.90 Å². The quantitative estimate of drug-likeness (QED) is 0.924. The molecule has 0 spiro atoms. The number of nitrogens with zero attached hydrogens (tertiary/aromatic N) is 1. The first kappa shape index (κ1) is 17.3. The molecule has 1 N–H and O–H groups in total. The minimum atomic E-state index is 0. The van der Waals surface area contributed by atoms with Gasteiger partial charge in [0.05, 0.1) is 0 Å². The van der Waals surface area contributed by atoms with Crippen molar-refractivity contribution in [3.05, 3.63) is 29.3 Å². The van der Waals surface area contributed by atoms with E-state index in [9.17, 15) is 4.79 Å². The lowest BCUT2D eigenvalue weighted by Crippen LogP contribution is -2.36. The third-order valence-electron chi connectivity index (χ3n) is 4.89. The molecule has 0 aliphatic carbocycles. The normalized spacial score (nSPS) is 18.5. The van der Waals surface area contributed by atoms with Gasteiger partial charge in [0.15, 0.2) is 0 Å². The molecule has 22 heavy (non-hydrogen) atoms. The lowest BCUT2D eigenvalue weighted by molar-refractivity contribution is -0.119. The van der Waals surface area contributed by atoms with Gasteiger partial charge in [-0.3, -0.25) is 4.79 Å². The molecule has 3 nitrogen and oxygen atoms in total. The predicted molar refractivity (Wildman–Crippen MR) is 93.9 cm³/mol. The molecule has 1 saturated heterocycles. The van der Waals surface area contributed by atoms with Crippen LogP contribution >= 0.6 is 12.4 Å². The van der Waals surface area contributed by atoms with Crippen LogP contribution in [0, 0.1) is 12.8 Å². The molecule has 1 fully saturated rings. The molecule has 122 valence electrons. The molecule has 0 atom stereocenters. The molecule has 3 rings (SSSR count). The highest BCUT2D eigenvalue weighted by Gasteiger charge is 2.23. The van der Waals surface area contributed by atoms with E-state index in [1.54, 1.807) is 0 Å². The number of hydrogen-bond acceptors (Lipinski definition) is 2. The molecule has 0 unspecified atom stereocenters. The predicted octanol–water partition coefficient (Wildman–Crippen LogP) is 3.48. The van der Waals surface area contributed by atoms with Crippen molar-refractivity contribution in [1.29, 1.82) is 0 Å². The maximum Gasteiger partial charge on any atom is 0.226 e. The SMILES string of the molecule is Cc1ccc2c(c1)N(C(=O)CCC1CCNCC1)CCC2.Cl. The number of piperidine rings is 1. The van der Waals surface area contributed by atoms with Gasteiger partial charge in [-0.25, -0.2) is 0 Å². The van der Waals surface area contributed by atoms with Gasteiger partial charge >= 0.3 is 0 Å². The van der Waals surface area contributed by atoms with Crippen molar-refractivity contribution >= 4 is 24.0 Å². The summed E-state index contributed by atoms with van der Waals surface area (Å²) in [5, 5.41) is 3.39. The van der Waals surface area contributed by atoms with E-state index in [-0.39, 0.29) is 12.4 Å². The summed E-state index contributed by atoms with van der Waals surface area (Å²) in [6.45, 7) is 5.23. The zero-order valence-electron chi connectivity index (χ0n) is 13.4. The van der Waals surface area contributed by atoms with Crippen molar-refractivity contribution in [3.63, 3.8) is 0 Å². The summed E-state index contributed by atoms with van der Waals surface area (Å²) in [6.07, 6.45) is 6.41. The van der Waals surface area contributed by atoms with E-state index < -0.39 is 0 Å². The van der Waals surface area contributed by atoms with Crippen LogP contribution in [-0.4, -0.2) is 25.5 Å². The molecule has 0 aromatic heterocycles. The summed E-state index contributed by atoms with van der Waals surface area (Å²) in [6, 6.07) is 6.52. The summed E-state index contributed by atoms with van der Waals surface area (Å²) in [5.41, 5.74) is 3.74. The average molecular weight is 323 g/mol. The first-order valence-corrected chi connectivity index (χ1v) is 8.34. The van der Waals surface area contributed by atoms with Gasteiger partial charge in [0.1, 0.15) is 0 Å². The van der Waals surface area contributed by atoms with E-state index in [1.165, 1.54) is 24.0 Å². The maximum absolute atomic E-state index is 12.6. The highest BCUT2D eigenvalue weighted by molar-refractivity contribution is 5.94. The van der Waals surface area contributed by atoms with Crippen LogP contribution in [0.15, 0.2) is 18.2 Å². The first-order chi connectivity index (χ1) is 10.2. The molecule has 1 aromatic carbocycles. The Kier molecular flexibility index (Phi) is 6.27. The number of rotatable bonds is 3. The van der Waals surface area contributed by atoms with Crippen molar-refractivity contribution in [2.75, 3.05) is 24.5 Å². The number of fused-ring (bicyclic) bond motifs is 1. The second kappa shape index (κ2) is 7.98. The fourth-order valence-electron chi connectivity index (χ4n) is 3.58. The van der Waals surface area contributed by atoms with E-state index in [4.69, 9.17) is 0 Å². The van der Waals surface area contributed by atoms with E-state index >= 15 is 0 Å². The second-order valence-electron chi connectivity index (χ2n) is 6.51. The van der Waals surface area contributed by atoms with Gasteiger partial charge in [0.25, 0.3) is 0 Å². The van der Waals surface area contributed by atoms with Crippen molar-refractivity contribution in [2.45, 2.75) is 45.4 Å². The van der Waals surface area contributed by atoms with E-state index in [2.05, 4.69) is 30.4 Å². The number of amides is 1. The van der Waals surface area contributed by atoms with Crippen LogP contribution in [-0.2, 0) is 11.2 Å². The first-order valence-electron chi connectivity index (χ1n) is 8.34. The number of nitrogens with one attached hydrogen (secondary N) is 1. The monoisotopic (exact) mass is 322 g/mol. The standard InChI is InChI=1S/C18H26N2O.ClH/c1-14-4-6-16-3-2-12-20(17(16)13-14)18(21)7-5-15-8-10-19-11-9-15;/h4,6,13,15,19H,2-3,5,7-12H2,1H3;1H. The van der Waals surface area contributed by atoms with Crippen LogP contribution < -0.4 is 10.2 Å². The number of carbonyl (C=O) groups is 1. The largest absolute Gasteiger partial charge is 0.317 e. The van der Waals surface area contributed by atoms with Gasteiger partial charge < -0.3 is 10.2 Å². The van der Waals surface area contributed by atoms with Crippen LogP contribution in [0.5, 0.6) is 0 Å². The van der Waals surface area contributed by atoms with Gasteiger partial charge in [-0.05, 0) is 75.2 Å². The average Bonchev–Trinajstić information content (AvgIpc) is 2.53. The minimum absolute atomic E-state index is 0. The van der Waals surface area contributed by atoms with Crippen LogP contribution in [0.2, 0.25) is 0 Å². The lowest BCUT2D eigenvalue weighted by Gasteiger charge is -2.31. The summed E-state index contributed by atoms with van der Waals surface area (Å²) >= 11 is 0. The van der Waals surface area contributed by atoms with Crippen molar-refractivity contribution in [1.82, 2.24) is 5.32 Å². The van der Waals surface area contributed by atoms with Crippen LogP contribution in [0.25, 0.3) is 0 Å². The third-order valence-corrected chi connectivity index (χ3v) is 4.89. The Labute approximate surface area is 139 Å². The third kappa shape index (κ3) is 4.02. The number of aryl methyl sites for hydroxylation is 2. The molecule has 1 aromatic rings. The molecule has 4 heteroatoms. The van der Waals surface area contributed by atoms with Crippen LogP contribution in [0.3, 0.4) is 0 Å². The zero-order valence-corrected chi connectivity index (χ0v) is 14.3. The number of hydrogen-bond donors (Lipinski definition) is 1. The molecule has 0 bridgehead atoms.